The Bertz CT molecular complexity index is 493. The predicted octanol–water partition coefficient (Wildman–Crippen LogP) is 1.85. The maximum atomic E-state index is 11.6. The molecule has 9 heteroatoms. The SMILES string of the molecule is O=[N+]([O-])c1ccc([S@](=O)CCCl)c([N+](=O)[O-])c1. The third-order valence-corrected chi connectivity index (χ3v) is 3.68. The topological polar surface area (TPSA) is 103 Å². The van der Waals surface area contributed by atoms with Crippen LogP contribution in [-0.2, 0) is 10.8 Å². The molecule has 1 aromatic carbocycles. The molecule has 0 heterocycles. The zero-order chi connectivity index (χ0) is 13.0. The quantitative estimate of drug-likeness (QED) is 0.464. The fourth-order valence-corrected chi connectivity index (χ4v) is 2.50. The van der Waals surface area contributed by atoms with Crippen LogP contribution in [0.25, 0.3) is 0 Å². The Morgan fingerprint density at radius 2 is 1.88 bits per heavy atom. The van der Waals surface area contributed by atoms with E-state index < -0.39 is 32.0 Å². The maximum Gasteiger partial charge on any atom is 0.292 e. The van der Waals surface area contributed by atoms with Gasteiger partial charge in [0.1, 0.15) is 4.90 Å². The van der Waals surface area contributed by atoms with Crippen molar-refractivity contribution in [3.63, 3.8) is 0 Å². The first kappa shape index (κ1) is 13.5. The van der Waals surface area contributed by atoms with E-state index in [1.54, 1.807) is 0 Å². The lowest BCUT2D eigenvalue weighted by atomic mass is 10.3. The Hall–Kier alpha value is -1.54. The molecule has 0 radical (unpaired) electrons. The number of non-ortho nitro benzene ring substituents is 1. The zero-order valence-electron chi connectivity index (χ0n) is 8.37. The summed E-state index contributed by atoms with van der Waals surface area (Å²) in [6.45, 7) is 0. The molecule has 0 unspecified atom stereocenters. The number of nitrogens with zero attached hydrogens (tertiary/aromatic N) is 2. The number of rotatable bonds is 5. The summed E-state index contributed by atoms with van der Waals surface area (Å²) in [4.78, 5) is 19.6. The third kappa shape index (κ3) is 3.21. The summed E-state index contributed by atoms with van der Waals surface area (Å²) in [5.74, 6) is 0.140. The van der Waals surface area contributed by atoms with Crippen molar-refractivity contribution in [3.05, 3.63) is 38.4 Å². The molecule has 0 N–H and O–H groups in total. The molecule has 1 aromatic rings. The molecule has 0 fully saturated rings. The Morgan fingerprint density at radius 1 is 1.24 bits per heavy atom. The molecular weight excluding hydrogens is 272 g/mol. The summed E-state index contributed by atoms with van der Waals surface area (Å²) >= 11 is 5.39. The Labute approximate surface area is 103 Å². The van der Waals surface area contributed by atoms with E-state index in [1.165, 1.54) is 0 Å². The van der Waals surface area contributed by atoms with Gasteiger partial charge in [-0.05, 0) is 6.07 Å². The van der Waals surface area contributed by atoms with Gasteiger partial charge in [-0.25, -0.2) is 0 Å². The number of benzene rings is 1. The Kier molecular flexibility index (Phi) is 4.53. The van der Waals surface area contributed by atoms with Crippen molar-refractivity contribution in [3.8, 4) is 0 Å². The highest BCUT2D eigenvalue weighted by Crippen LogP contribution is 2.27. The number of hydrogen-bond donors (Lipinski definition) is 0. The van der Waals surface area contributed by atoms with E-state index in [1.807, 2.05) is 0 Å². The Morgan fingerprint density at radius 3 is 2.35 bits per heavy atom. The smallest absolute Gasteiger partial charge is 0.258 e. The number of hydrogen-bond acceptors (Lipinski definition) is 5. The first-order chi connectivity index (χ1) is 7.97. The van der Waals surface area contributed by atoms with Crippen molar-refractivity contribution in [2.24, 2.45) is 0 Å². The fraction of sp³-hybridized carbons (Fsp3) is 0.250. The lowest BCUT2D eigenvalue weighted by Gasteiger charge is -2.01. The predicted molar refractivity (Wildman–Crippen MR) is 61.7 cm³/mol. The van der Waals surface area contributed by atoms with Crippen LogP contribution in [-0.4, -0.2) is 25.7 Å². The fourth-order valence-electron chi connectivity index (χ4n) is 1.13. The number of nitro benzene ring substituents is 2. The van der Waals surface area contributed by atoms with Gasteiger partial charge in [0.25, 0.3) is 11.4 Å². The van der Waals surface area contributed by atoms with Crippen LogP contribution in [0.3, 0.4) is 0 Å². The molecule has 7 nitrogen and oxygen atoms in total. The lowest BCUT2D eigenvalue weighted by molar-refractivity contribution is -0.396. The molecule has 0 amide bonds. The highest BCUT2D eigenvalue weighted by molar-refractivity contribution is 7.85. The number of nitro groups is 2. The van der Waals surface area contributed by atoms with E-state index in [9.17, 15) is 24.4 Å². The molecule has 0 bridgehead atoms. The largest absolute Gasteiger partial charge is 0.292 e. The monoisotopic (exact) mass is 278 g/mol. The van der Waals surface area contributed by atoms with Crippen molar-refractivity contribution in [2.45, 2.75) is 4.90 Å². The van der Waals surface area contributed by atoms with Crippen LogP contribution in [0.2, 0.25) is 0 Å². The lowest BCUT2D eigenvalue weighted by Crippen LogP contribution is -2.04. The summed E-state index contributed by atoms with van der Waals surface area (Å²) in [6.07, 6.45) is 0. The second kappa shape index (κ2) is 5.69. The van der Waals surface area contributed by atoms with E-state index in [-0.39, 0.29) is 16.5 Å². The van der Waals surface area contributed by atoms with Crippen molar-refractivity contribution in [1.82, 2.24) is 0 Å². The average molecular weight is 279 g/mol. The molecule has 0 saturated heterocycles. The summed E-state index contributed by atoms with van der Waals surface area (Å²) in [5.41, 5.74) is -0.939. The zero-order valence-corrected chi connectivity index (χ0v) is 9.94. The van der Waals surface area contributed by atoms with Gasteiger partial charge in [-0.3, -0.25) is 24.4 Å². The summed E-state index contributed by atoms with van der Waals surface area (Å²) in [5, 5.41) is 21.2. The number of halogens is 1. The average Bonchev–Trinajstić information content (AvgIpc) is 2.28. The van der Waals surface area contributed by atoms with Crippen LogP contribution in [0.15, 0.2) is 23.1 Å². The minimum atomic E-state index is -1.63. The van der Waals surface area contributed by atoms with E-state index in [2.05, 4.69) is 0 Å². The molecular formula is C8H7ClN2O5S. The van der Waals surface area contributed by atoms with E-state index >= 15 is 0 Å². The molecule has 0 aromatic heterocycles. The van der Waals surface area contributed by atoms with Gasteiger partial charge in [-0.15, -0.1) is 11.6 Å². The van der Waals surface area contributed by atoms with Crippen molar-refractivity contribution < 1.29 is 14.1 Å². The number of alkyl halides is 1. The van der Waals surface area contributed by atoms with Crippen LogP contribution in [0.1, 0.15) is 0 Å². The maximum absolute atomic E-state index is 11.6. The minimum absolute atomic E-state index is 0.0544. The summed E-state index contributed by atoms with van der Waals surface area (Å²) in [7, 11) is -1.63. The van der Waals surface area contributed by atoms with Gasteiger partial charge in [0.05, 0.1) is 26.7 Å². The molecule has 0 saturated carbocycles. The van der Waals surface area contributed by atoms with Gasteiger partial charge in [-0.2, -0.15) is 0 Å². The highest BCUT2D eigenvalue weighted by atomic mass is 35.5. The van der Waals surface area contributed by atoms with Crippen molar-refractivity contribution in [2.75, 3.05) is 11.6 Å². The van der Waals surface area contributed by atoms with E-state index in [0.29, 0.717) is 0 Å². The summed E-state index contributed by atoms with van der Waals surface area (Å²) < 4.78 is 11.6. The second-order valence-electron chi connectivity index (χ2n) is 2.90. The first-order valence-corrected chi connectivity index (χ1v) is 6.20. The van der Waals surface area contributed by atoms with Gasteiger partial charge in [0, 0.05) is 17.7 Å². The van der Waals surface area contributed by atoms with Crippen molar-refractivity contribution in [1.29, 1.82) is 0 Å². The molecule has 0 spiro atoms. The molecule has 1 rings (SSSR count). The molecule has 1 atom stereocenters. The van der Waals surface area contributed by atoms with Crippen LogP contribution in [0, 0.1) is 20.2 Å². The standard InChI is InChI=1S/C8H7ClN2O5S/c9-3-4-17(16)8-2-1-6(10(12)13)5-7(8)11(14)15/h1-2,5H,3-4H2/t17-/m1/s1. The van der Waals surface area contributed by atoms with Crippen LogP contribution >= 0.6 is 11.6 Å². The minimum Gasteiger partial charge on any atom is -0.258 e. The molecule has 17 heavy (non-hydrogen) atoms. The molecule has 92 valence electrons. The first-order valence-electron chi connectivity index (χ1n) is 4.34. The van der Waals surface area contributed by atoms with Crippen molar-refractivity contribution >= 4 is 33.8 Å². The van der Waals surface area contributed by atoms with Gasteiger partial charge >= 0.3 is 0 Å². The van der Waals surface area contributed by atoms with Gasteiger partial charge in [0.2, 0.25) is 0 Å². The van der Waals surface area contributed by atoms with Gasteiger partial charge < -0.3 is 0 Å². The molecule has 0 aliphatic heterocycles. The van der Waals surface area contributed by atoms with E-state index in [0.717, 1.165) is 18.2 Å². The second-order valence-corrected chi connectivity index (χ2v) is 4.82. The van der Waals surface area contributed by atoms with Crippen LogP contribution in [0.4, 0.5) is 11.4 Å². The summed E-state index contributed by atoms with van der Waals surface area (Å²) in [6, 6.07) is 2.99. The Balaban J connectivity index is 3.27. The third-order valence-electron chi connectivity index (χ3n) is 1.86. The molecule has 0 aliphatic rings. The van der Waals surface area contributed by atoms with Crippen LogP contribution in [0.5, 0.6) is 0 Å². The normalized spacial score (nSPS) is 12.1. The molecule has 0 aliphatic carbocycles. The van der Waals surface area contributed by atoms with Gasteiger partial charge in [0.15, 0.2) is 0 Å². The van der Waals surface area contributed by atoms with E-state index in [4.69, 9.17) is 11.6 Å². The highest BCUT2D eigenvalue weighted by Gasteiger charge is 2.22. The van der Waals surface area contributed by atoms with Gasteiger partial charge in [-0.1, -0.05) is 0 Å². The van der Waals surface area contributed by atoms with Crippen LogP contribution < -0.4 is 0 Å².